The third-order valence-electron chi connectivity index (χ3n) is 2.98. The van der Waals surface area contributed by atoms with Crippen LogP contribution in [0.15, 0.2) is 36.5 Å². The number of hydrogen-bond acceptors (Lipinski definition) is 1. The first kappa shape index (κ1) is 12.4. The van der Waals surface area contributed by atoms with Gasteiger partial charge in [-0.05, 0) is 32.4 Å². The Morgan fingerprint density at radius 2 is 1.94 bits per heavy atom. The van der Waals surface area contributed by atoms with Gasteiger partial charge in [0.2, 0.25) is 0 Å². The minimum atomic E-state index is -0.886. The summed E-state index contributed by atoms with van der Waals surface area (Å²) in [6.45, 7) is 5.99. The summed E-state index contributed by atoms with van der Waals surface area (Å²) in [5, 5.41) is 9.21. The van der Waals surface area contributed by atoms with Gasteiger partial charge < -0.3 is 9.67 Å². The van der Waals surface area contributed by atoms with Gasteiger partial charge in [0.25, 0.3) is 0 Å². The van der Waals surface area contributed by atoms with E-state index < -0.39 is 5.97 Å². The van der Waals surface area contributed by atoms with Crippen LogP contribution in [0.5, 0.6) is 0 Å². The molecule has 0 aliphatic rings. The van der Waals surface area contributed by atoms with Crippen molar-refractivity contribution < 1.29 is 9.90 Å². The minimum Gasteiger partial charge on any atom is -0.477 e. The van der Waals surface area contributed by atoms with Gasteiger partial charge in [0.15, 0.2) is 0 Å². The van der Waals surface area contributed by atoms with Gasteiger partial charge >= 0.3 is 5.97 Å². The van der Waals surface area contributed by atoms with Crippen LogP contribution < -0.4 is 0 Å². The summed E-state index contributed by atoms with van der Waals surface area (Å²) < 4.78 is 1.79. The molecule has 3 nitrogen and oxygen atoms in total. The maximum atomic E-state index is 11.2. The van der Waals surface area contributed by atoms with Crippen molar-refractivity contribution in [3.05, 3.63) is 47.8 Å². The number of carboxylic acids is 1. The zero-order chi connectivity index (χ0) is 13.3. The van der Waals surface area contributed by atoms with Crippen molar-refractivity contribution in [2.45, 2.75) is 26.8 Å². The molecule has 3 heteroatoms. The second-order valence-corrected chi connectivity index (χ2v) is 4.79. The second-order valence-electron chi connectivity index (χ2n) is 4.79. The first-order valence-corrected chi connectivity index (χ1v) is 6.01. The SMILES string of the molecule is Cc1cccc(-c2cc(C(=O)O)n(C(C)C)c2)c1. The van der Waals surface area contributed by atoms with Crippen LogP contribution in [0.25, 0.3) is 11.1 Å². The monoisotopic (exact) mass is 243 g/mol. The molecule has 0 spiro atoms. The van der Waals surface area contributed by atoms with Gasteiger partial charge in [-0.3, -0.25) is 0 Å². The van der Waals surface area contributed by atoms with Crippen LogP contribution in [-0.2, 0) is 0 Å². The van der Waals surface area contributed by atoms with E-state index in [9.17, 15) is 9.90 Å². The number of benzene rings is 1. The second kappa shape index (κ2) is 4.69. The van der Waals surface area contributed by atoms with Crippen molar-refractivity contribution in [1.29, 1.82) is 0 Å². The van der Waals surface area contributed by atoms with E-state index in [0.717, 1.165) is 11.1 Å². The lowest BCUT2D eigenvalue weighted by Crippen LogP contribution is -2.09. The molecule has 1 N–H and O–H groups in total. The van der Waals surface area contributed by atoms with Crippen molar-refractivity contribution in [2.75, 3.05) is 0 Å². The van der Waals surface area contributed by atoms with Crippen molar-refractivity contribution in [3.63, 3.8) is 0 Å². The van der Waals surface area contributed by atoms with Gasteiger partial charge in [-0.15, -0.1) is 0 Å². The highest BCUT2D eigenvalue weighted by atomic mass is 16.4. The van der Waals surface area contributed by atoms with E-state index in [-0.39, 0.29) is 6.04 Å². The fourth-order valence-electron chi connectivity index (χ4n) is 2.06. The van der Waals surface area contributed by atoms with Crippen molar-refractivity contribution in [3.8, 4) is 11.1 Å². The number of aryl methyl sites for hydroxylation is 1. The zero-order valence-electron chi connectivity index (χ0n) is 10.8. The lowest BCUT2D eigenvalue weighted by Gasteiger charge is -2.09. The number of aromatic nitrogens is 1. The Balaban J connectivity index is 2.53. The Bertz CT molecular complexity index is 582. The molecule has 0 saturated heterocycles. The Labute approximate surface area is 107 Å². The van der Waals surface area contributed by atoms with Crippen LogP contribution in [0.1, 0.15) is 35.9 Å². The number of aromatic carboxylic acids is 1. The highest BCUT2D eigenvalue weighted by Gasteiger charge is 2.15. The molecule has 0 unspecified atom stereocenters. The average molecular weight is 243 g/mol. The van der Waals surface area contributed by atoms with Crippen molar-refractivity contribution in [1.82, 2.24) is 4.57 Å². The number of nitrogens with zero attached hydrogens (tertiary/aromatic N) is 1. The van der Waals surface area contributed by atoms with Gasteiger partial charge in [-0.25, -0.2) is 4.79 Å². The molecule has 18 heavy (non-hydrogen) atoms. The first-order valence-electron chi connectivity index (χ1n) is 6.01. The summed E-state index contributed by atoms with van der Waals surface area (Å²) in [7, 11) is 0. The molecule has 0 bridgehead atoms. The molecule has 2 aromatic rings. The molecule has 1 aromatic heterocycles. The zero-order valence-corrected chi connectivity index (χ0v) is 10.8. The minimum absolute atomic E-state index is 0.134. The molecular weight excluding hydrogens is 226 g/mol. The molecule has 0 fully saturated rings. The van der Waals surface area contributed by atoms with Crippen molar-refractivity contribution >= 4 is 5.97 Å². The highest BCUT2D eigenvalue weighted by molar-refractivity contribution is 5.88. The van der Waals surface area contributed by atoms with E-state index in [0.29, 0.717) is 5.69 Å². The Hall–Kier alpha value is -2.03. The number of carboxylic acid groups (broad SMARTS) is 1. The van der Waals surface area contributed by atoms with E-state index in [1.807, 2.05) is 45.2 Å². The molecule has 0 aliphatic heterocycles. The molecule has 0 amide bonds. The predicted molar refractivity (Wildman–Crippen MR) is 71.9 cm³/mol. The number of rotatable bonds is 3. The molecule has 0 aliphatic carbocycles. The van der Waals surface area contributed by atoms with Crippen LogP contribution in [-0.4, -0.2) is 15.6 Å². The fraction of sp³-hybridized carbons (Fsp3) is 0.267. The van der Waals surface area contributed by atoms with E-state index in [4.69, 9.17) is 0 Å². The number of hydrogen-bond donors (Lipinski definition) is 1. The lowest BCUT2D eigenvalue weighted by molar-refractivity contribution is 0.0683. The van der Waals surface area contributed by atoms with Gasteiger partial charge in [-0.1, -0.05) is 29.8 Å². The predicted octanol–water partition coefficient (Wildman–Crippen LogP) is 3.74. The van der Waals surface area contributed by atoms with Gasteiger partial charge in [0.1, 0.15) is 5.69 Å². The van der Waals surface area contributed by atoms with Gasteiger partial charge in [0, 0.05) is 17.8 Å². The van der Waals surface area contributed by atoms with E-state index >= 15 is 0 Å². The quantitative estimate of drug-likeness (QED) is 0.892. The van der Waals surface area contributed by atoms with E-state index in [2.05, 4.69) is 6.07 Å². The van der Waals surface area contributed by atoms with Crippen LogP contribution in [0.3, 0.4) is 0 Å². The fourth-order valence-corrected chi connectivity index (χ4v) is 2.06. The molecule has 0 saturated carbocycles. The molecule has 0 atom stereocenters. The molecular formula is C15H17NO2. The topological polar surface area (TPSA) is 42.2 Å². The Morgan fingerprint density at radius 3 is 2.44 bits per heavy atom. The van der Waals surface area contributed by atoms with Crippen LogP contribution in [0.2, 0.25) is 0 Å². The third-order valence-corrected chi connectivity index (χ3v) is 2.98. The van der Waals surface area contributed by atoms with Gasteiger partial charge in [-0.2, -0.15) is 0 Å². The first-order chi connectivity index (χ1) is 8.49. The van der Waals surface area contributed by atoms with E-state index in [1.54, 1.807) is 10.6 Å². The molecule has 2 rings (SSSR count). The highest BCUT2D eigenvalue weighted by Crippen LogP contribution is 2.25. The number of carbonyl (C=O) groups is 1. The van der Waals surface area contributed by atoms with Gasteiger partial charge in [0.05, 0.1) is 0 Å². The summed E-state index contributed by atoms with van der Waals surface area (Å²) in [4.78, 5) is 11.2. The van der Waals surface area contributed by atoms with E-state index in [1.165, 1.54) is 5.56 Å². The standard InChI is InChI=1S/C15H17NO2/c1-10(2)16-9-13(8-14(16)15(17)18)12-6-4-5-11(3)7-12/h4-10H,1-3H3,(H,17,18). The maximum Gasteiger partial charge on any atom is 0.352 e. The summed E-state index contributed by atoms with van der Waals surface area (Å²) in [6, 6.07) is 9.94. The largest absolute Gasteiger partial charge is 0.477 e. The average Bonchev–Trinajstić information content (AvgIpc) is 2.73. The summed E-state index contributed by atoms with van der Waals surface area (Å²) in [5.74, 6) is -0.886. The molecule has 1 heterocycles. The normalized spacial score (nSPS) is 10.9. The van der Waals surface area contributed by atoms with Crippen LogP contribution >= 0.6 is 0 Å². The maximum absolute atomic E-state index is 11.2. The lowest BCUT2D eigenvalue weighted by atomic mass is 10.1. The molecule has 94 valence electrons. The van der Waals surface area contributed by atoms with Crippen molar-refractivity contribution in [2.24, 2.45) is 0 Å². The summed E-state index contributed by atoms with van der Waals surface area (Å²) in [5.41, 5.74) is 3.50. The summed E-state index contributed by atoms with van der Waals surface area (Å²) >= 11 is 0. The molecule has 0 radical (unpaired) electrons. The Morgan fingerprint density at radius 1 is 1.22 bits per heavy atom. The van der Waals surface area contributed by atoms with Crippen LogP contribution in [0, 0.1) is 6.92 Å². The summed E-state index contributed by atoms with van der Waals surface area (Å²) in [6.07, 6.45) is 1.91. The third kappa shape index (κ3) is 2.30. The van der Waals surface area contributed by atoms with Crippen LogP contribution in [0.4, 0.5) is 0 Å². The molecule has 1 aromatic carbocycles. The smallest absolute Gasteiger partial charge is 0.352 e. The Kier molecular flexibility index (Phi) is 3.24.